The van der Waals surface area contributed by atoms with E-state index in [1.807, 2.05) is 0 Å². The standard InChI is InChI=1S/C28H24F3N5O5S/c1-17(37)34-25-15-26(33-16-32-25)41-20-6-7-21-18(13-20)3-2-4-22(21)27(38)35-24-8-5-19(14-23(24)28(29,30)31)36-9-11-42(39,40)12-10-36/h2-8,13-16H,9-12H2,1H3,(H,35,38)(H,32,33,34,37). The van der Waals surface area contributed by atoms with Crippen LogP contribution in [0.4, 0.5) is 30.4 Å². The lowest BCUT2D eigenvalue weighted by Crippen LogP contribution is -2.40. The first kappa shape index (κ1) is 28.8. The molecular formula is C28H24F3N5O5S. The zero-order valence-electron chi connectivity index (χ0n) is 22.1. The third-order valence-electron chi connectivity index (χ3n) is 6.53. The zero-order valence-corrected chi connectivity index (χ0v) is 22.9. The van der Waals surface area contributed by atoms with Crippen molar-refractivity contribution < 1.29 is 35.9 Å². The molecule has 2 N–H and O–H groups in total. The molecule has 0 spiro atoms. The number of sulfone groups is 1. The average molecular weight is 600 g/mol. The summed E-state index contributed by atoms with van der Waals surface area (Å²) < 4.78 is 71.3. The molecule has 5 rings (SSSR count). The van der Waals surface area contributed by atoms with Crippen molar-refractivity contribution in [1.82, 2.24) is 9.97 Å². The SMILES string of the molecule is CC(=O)Nc1cc(Oc2ccc3c(C(=O)Nc4ccc(N5CCS(=O)(=O)CC5)cc4C(F)(F)F)cccc3c2)ncn1. The van der Waals surface area contributed by atoms with E-state index in [0.717, 1.165) is 6.07 Å². The maximum Gasteiger partial charge on any atom is 0.418 e. The highest BCUT2D eigenvalue weighted by Crippen LogP contribution is 2.38. The second kappa shape index (κ2) is 11.3. The lowest BCUT2D eigenvalue weighted by Gasteiger charge is -2.29. The number of hydrogen-bond acceptors (Lipinski definition) is 8. The number of aromatic nitrogens is 2. The molecule has 0 saturated carbocycles. The van der Waals surface area contributed by atoms with Crippen LogP contribution in [0.5, 0.6) is 11.6 Å². The van der Waals surface area contributed by atoms with Gasteiger partial charge in [0.05, 0.1) is 22.8 Å². The van der Waals surface area contributed by atoms with Gasteiger partial charge in [-0.2, -0.15) is 13.2 Å². The van der Waals surface area contributed by atoms with E-state index in [1.165, 1.54) is 37.5 Å². The van der Waals surface area contributed by atoms with Gasteiger partial charge in [-0.3, -0.25) is 9.59 Å². The molecule has 1 fully saturated rings. The monoisotopic (exact) mass is 599 g/mol. The van der Waals surface area contributed by atoms with E-state index in [4.69, 9.17) is 4.74 Å². The molecule has 4 aromatic rings. The number of anilines is 3. The van der Waals surface area contributed by atoms with Gasteiger partial charge in [-0.25, -0.2) is 18.4 Å². The topological polar surface area (TPSA) is 131 Å². The van der Waals surface area contributed by atoms with E-state index in [-0.39, 0.29) is 53.5 Å². The third kappa shape index (κ3) is 6.60. The number of fused-ring (bicyclic) bond motifs is 1. The molecule has 1 saturated heterocycles. The predicted molar refractivity (Wildman–Crippen MR) is 151 cm³/mol. The Morgan fingerprint density at radius 3 is 2.43 bits per heavy atom. The van der Waals surface area contributed by atoms with Crippen molar-refractivity contribution in [2.45, 2.75) is 13.1 Å². The fourth-order valence-electron chi connectivity index (χ4n) is 4.52. The van der Waals surface area contributed by atoms with Crippen LogP contribution in [0.2, 0.25) is 0 Å². The molecule has 2 heterocycles. The number of carbonyl (C=O) groups is 2. The van der Waals surface area contributed by atoms with Gasteiger partial charge < -0.3 is 20.3 Å². The van der Waals surface area contributed by atoms with Crippen LogP contribution in [0.1, 0.15) is 22.8 Å². The molecule has 1 aliphatic heterocycles. The van der Waals surface area contributed by atoms with E-state index in [0.29, 0.717) is 16.5 Å². The maximum absolute atomic E-state index is 14.0. The van der Waals surface area contributed by atoms with Gasteiger partial charge in [0.1, 0.15) is 17.9 Å². The van der Waals surface area contributed by atoms with Crippen LogP contribution in [0.15, 0.2) is 67.0 Å². The molecule has 1 aromatic heterocycles. The van der Waals surface area contributed by atoms with E-state index in [2.05, 4.69) is 20.6 Å². The molecule has 0 unspecified atom stereocenters. The highest BCUT2D eigenvalue weighted by Gasteiger charge is 2.35. The first-order chi connectivity index (χ1) is 19.9. The van der Waals surface area contributed by atoms with Gasteiger partial charge in [-0.05, 0) is 53.2 Å². The highest BCUT2D eigenvalue weighted by atomic mass is 32.2. The van der Waals surface area contributed by atoms with Crippen LogP contribution < -0.4 is 20.3 Å². The number of nitrogens with one attached hydrogen (secondary N) is 2. The Hall–Kier alpha value is -4.72. The van der Waals surface area contributed by atoms with Crippen molar-refractivity contribution in [3.63, 3.8) is 0 Å². The van der Waals surface area contributed by atoms with Crippen LogP contribution in [0.25, 0.3) is 10.8 Å². The maximum atomic E-state index is 14.0. The van der Waals surface area contributed by atoms with Crippen LogP contribution in [0.3, 0.4) is 0 Å². The van der Waals surface area contributed by atoms with Crippen molar-refractivity contribution in [1.29, 1.82) is 0 Å². The number of benzene rings is 3. The fraction of sp³-hybridized carbons (Fsp3) is 0.214. The summed E-state index contributed by atoms with van der Waals surface area (Å²) in [5, 5.41) is 5.98. The second-order valence-corrected chi connectivity index (χ2v) is 11.8. The number of halogens is 3. The Morgan fingerprint density at radius 2 is 1.71 bits per heavy atom. The smallest absolute Gasteiger partial charge is 0.418 e. The number of nitrogens with zero attached hydrogens (tertiary/aromatic N) is 3. The molecular weight excluding hydrogens is 575 g/mol. The summed E-state index contributed by atoms with van der Waals surface area (Å²) in [7, 11) is -3.21. The second-order valence-electron chi connectivity index (χ2n) is 9.53. The van der Waals surface area contributed by atoms with E-state index in [1.54, 1.807) is 35.2 Å². The lowest BCUT2D eigenvalue weighted by atomic mass is 10.0. The van der Waals surface area contributed by atoms with Crippen LogP contribution in [-0.2, 0) is 20.8 Å². The summed E-state index contributed by atoms with van der Waals surface area (Å²) >= 11 is 0. The summed E-state index contributed by atoms with van der Waals surface area (Å²) in [5.41, 5.74) is -1.09. The normalized spacial score (nSPS) is 14.8. The number of amides is 2. The van der Waals surface area contributed by atoms with Crippen LogP contribution in [0, 0.1) is 0 Å². The van der Waals surface area contributed by atoms with Crippen LogP contribution >= 0.6 is 0 Å². The van der Waals surface area contributed by atoms with Crippen molar-refractivity contribution in [2.24, 2.45) is 0 Å². The van der Waals surface area contributed by atoms with Gasteiger partial charge in [0, 0.05) is 37.3 Å². The van der Waals surface area contributed by atoms with Crippen molar-refractivity contribution >= 4 is 49.6 Å². The molecule has 218 valence electrons. The predicted octanol–water partition coefficient (Wildman–Crippen LogP) is 4.89. The number of alkyl halides is 3. The molecule has 42 heavy (non-hydrogen) atoms. The summed E-state index contributed by atoms with van der Waals surface area (Å²) in [6, 6.07) is 14.6. The highest BCUT2D eigenvalue weighted by molar-refractivity contribution is 7.91. The van der Waals surface area contributed by atoms with Crippen molar-refractivity contribution in [3.8, 4) is 11.6 Å². The molecule has 0 aliphatic carbocycles. The summed E-state index contributed by atoms with van der Waals surface area (Å²) in [6.07, 6.45) is -3.55. The minimum atomic E-state index is -4.77. The first-order valence-corrected chi connectivity index (χ1v) is 14.5. The molecule has 14 heteroatoms. The lowest BCUT2D eigenvalue weighted by molar-refractivity contribution is -0.136. The molecule has 2 amide bonds. The molecule has 0 atom stereocenters. The number of ether oxygens (including phenoxy) is 1. The third-order valence-corrected chi connectivity index (χ3v) is 8.14. The molecule has 0 bridgehead atoms. The molecule has 1 aliphatic rings. The quantitative estimate of drug-likeness (QED) is 0.321. The van der Waals surface area contributed by atoms with E-state index >= 15 is 0 Å². The average Bonchev–Trinajstić information content (AvgIpc) is 2.92. The van der Waals surface area contributed by atoms with Gasteiger partial charge in [0.2, 0.25) is 11.8 Å². The summed E-state index contributed by atoms with van der Waals surface area (Å²) in [5.74, 6) is -0.552. The van der Waals surface area contributed by atoms with Crippen LogP contribution in [-0.4, -0.2) is 54.8 Å². The van der Waals surface area contributed by atoms with E-state index < -0.39 is 33.2 Å². The fourth-order valence-corrected chi connectivity index (χ4v) is 5.72. The Kier molecular flexibility index (Phi) is 7.73. The van der Waals surface area contributed by atoms with Crippen molar-refractivity contribution in [3.05, 3.63) is 78.1 Å². The largest absolute Gasteiger partial charge is 0.439 e. The number of rotatable bonds is 6. The minimum Gasteiger partial charge on any atom is -0.439 e. The van der Waals surface area contributed by atoms with Gasteiger partial charge >= 0.3 is 6.18 Å². The molecule has 3 aromatic carbocycles. The number of hydrogen-bond donors (Lipinski definition) is 2. The summed E-state index contributed by atoms with van der Waals surface area (Å²) in [6.45, 7) is 1.51. The van der Waals surface area contributed by atoms with E-state index in [9.17, 15) is 31.2 Å². The van der Waals surface area contributed by atoms with Gasteiger partial charge in [-0.15, -0.1) is 0 Å². The Morgan fingerprint density at radius 1 is 0.952 bits per heavy atom. The molecule has 10 nitrogen and oxygen atoms in total. The molecule has 0 radical (unpaired) electrons. The van der Waals surface area contributed by atoms with Crippen molar-refractivity contribution in [2.75, 3.05) is 40.1 Å². The Balaban J connectivity index is 1.38. The van der Waals surface area contributed by atoms with Gasteiger partial charge in [-0.1, -0.05) is 12.1 Å². The van der Waals surface area contributed by atoms with Gasteiger partial charge in [0.25, 0.3) is 5.91 Å². The zero-order chi connectivity index (χ0) is 30.1. The first-order valence-electron chi connectivity index (χ1n) is 12.7. The van der Waals surface area contributed by atoms with Gasteiger partial charge in [0.15, 0.2) is 9.84 Å². The minimum absolute atomic E-state index is 0.0841. The number of carbonyl (C=O) groups excluding carboxylic acids is 2. The summed E-state index contributed by atoms with van der Waals surface area (Å²) in [4.78, 5) is 34.0. The Bertz CT molecular complexity index is 1780. The Labute approximate surface area is 238 Å².